The van der Waals surface area contributed by atoms with Crippen molar-refractivity contribution >= 4 is 5.97 Å². The molecular formula is C13H11F2N3O2. The highest BCUT2D eigenvalue weighted by molar-refractivity contribution is 5.87. The maximum atomic E-state index is 13.5. The van der Waals surface area contributed by atoms with E-state index in [9.17, 15) is 13.6 Å². The van der Waals surface area contributed by atoms with E-state index in [2.05, 4.69) is 4.98 Å². The summed E-state index contributed by atoms with van der Waals surface area (Å²) in [5.41, 5.74) is 1.38. The topological polar surface area (TPSA) is 58.4 Å². The number of hydrogen-bond acceptors (Lipinski definition) is 3. The highest BCUT2D eigenvalue weighted by Crippen LogP contribution is 2.27. The van der Waals surface area contributed by atoms with Crippen molar-refractivity contribution < 1.29 is 18.7 Å². The van der Waals surface area contributed by atoms with Crippen molar-refractivity contribution in [2.75, 3.05) is 7.05 Å². The first-order valence-electron chi connectivity index (χ1n) is 5.93. The lowest BCUT2D eigenvalue weighted by molar-refractivity contribution is 0.0688. The third-order valence-corrected chi connectivity index (χ3v) is 3.31. The molecule has 1 N–H and O–H groups in total. The van der Waals surface area contributed by atoms with Gasteiger partial charge in [-0.2, -0.15) is 0 Å². The third-order valence-electron chi connectivity index (χ3n) is 3.31. The number of hydrogen-bond donors (Lipinski definition) is 1. The summed E-state index contributed by atoms with van der Waals surface area (Å²) in [5, 5.41) is 9.13. The number of aromatic nitrogens is 2. The summed E-state index contributed by atoms with van der Waals surface area (Å²) in [6.07, 6.45) is 1.33. The van der Waals surface area contributed by atoms with Gasteiger partial charge < -0.3 is 9.67 Å². The smallest absolute Gasteiger partial charge is 0.356 e. The minimum Gasteiger partial charge on any atom is -0.476 e. The molecule has 0 radical (unpaired) electrons. The molecule has 0 amide bonds. The Labute approximate surface area is 113 Å². The van der Waals surface area contributed by atoms with Gasteiger partial charge in [0, 0.05) is 19.2 Å². The van der Waals surface area contributed by atoms with Crippen molar-refractivity contribution in [1.29, 1.82) is 0 Å². The van der Waals surface area contributed by atoms with E-state index < -0.39 is 17.6 Å². The van der Waals surface area contributed by atoms with Crippen LogP contribution in [0.15, 0.2) is 18.5 Å². The summed E-state index contributed by atoms with van der Waals surface area (Å²) < 4.78 is 28.3. The number of nitrogens with zero attached hydrogens (tertiary/aromatic N) is 3. The highest BCUT2D eigenvalue weighted by Gasteiger charge is 2.25. The lowest BCUT2D eigenvalue weighted by Crippen LogP contribution is -2.17. The summed E-state index contributed by atoms with van der Waals surface area (Å²) in [5.74, 6) is -3.03. The molecule has 0 unspecified atom stereocenters. The van der Waals surface area contributed by atoms with Crippen molar-refractivity contribution in [2.45, 2.75) is 13.1 Å². The number of benzene rings is 1. The van der Waals surface area contributed by atoms with Crippen LogP contribution in [-0.4, -0.2) is 32.6 Å². The summed E-state index contributed by atoms with van der Waals surface area (Å²) >= 11 is 0. The first-order valence-corrected chi connectivity index (χ1v) is 5.93. The standard InChI is InChI=1S/C13H11F2N3O2/c1-17-4-7-2-8(14)9(15)3-10(7)18-6-16-12(13(19)20)11(18)5-17/h2-3,6H,4-5H2,1H3,(H,19,20). The lowest BCUT2D eigenvalue weighted by Gasteiger charge is -2.13. The molecular weight excluding hydrogens is 268 g/mol. The number of carboxylic acid groups (broad SMARTS) is 1. The zero-order valence-corrected chi connectivity index (χ0v) is 10.6. The van der Waals surface area contributed by atoms with Gasteiger partial charge in [-0.05, 0) is 18.7 Å². The van der Waals surface area contributed by atoms with Crippen LogP contribution in [0.5, 0.6) is 0 Å². The third kappa shape index (κ3) is 1.87. The van der Waals surface area contributed by atoms with E-state index in [1.807, 2.05) is 4.90 Å². The molecule has 0 spiro atoms. The van der Waals surface area contributed by atoms with Crippen LogP contribution in [0.3, 0.4) is 0 Å². The van der Waals surface area contributed by atoms with Crippen molar-refractivity contribution in [3.63, 3.8) is 0 Å². The second-order valence-electron chi connectivity index (χ2n) is 4.78. The predicted molar refractivity (Wildman–Crippen MR) is 65.6 cm³/mol. The molecule has 0 fully saturated rings. The number of aromatic carboxylic acids is 1. The fraction of sp³-hybridized carbons (Fsp3) is 0.231. The average molecular weight is 279 g/mol. The van der Waals surface area contributed by atoms with Gasteiger partial charge in [0.05, 0.1) is 11.4 Å². The quantitative estimate of drug-likeness (QED) is 0.864. The van der Waals surface area contributed by atoms with Crippen LogP contribution in [-0.2, 0) is 13.1 Å². The molecule has 104 valence electrons. The van der Waals surface area contributed by atoms with Crippen molar-refractivity contribution in [1.82, 2.24) is 14.5 Å². The molecule has 1 aliphatic rings. The monoisotopic (exact) mass is 279 g/mol. The normalized spacial score (nSPS) is 14.6. The van der Waals surface area contributed by atoms with Crippen LogP contribution < -0.4 is 0 Å². The van der Waals surface area contributed by atoms with Gasteiger partial charge in [-0.1, -0.05) is 0 Å². The lowest BCUT2D eigenvalue weighted by atomic mass is 10.1. The van der Waals surface area contributed by atoms with E-state index >= 15 is 0 Å². The van der Waals surface area contributed by atoms with Gasteiger partial charge in [0.25, 0.3) is 0 Å². The Morgan fingerprint density at radius 3 is 2.70 bits per heavy atom. The fourth-order valence-corrected chi connectivity index (χ4v) is 2.44. The maximum absolute atomic E-state index is 13.5. The molecule has 3 rings (SSSR count). The molecule has 0 saturated heterocycles. The van der Waals surface area contributed by atoms with Crippen molar-refractivity contribution in [2.24, 2.45) is 0 Å². The van der Waals surface area contributed by atoms with Gasteiger partial charge >= 0.3 is 5.97 Å². The van der Waals surface area contributed by atoms with Gasteiger partial charge in [0.15, 0.2) is 17.3 Å². The molecule has 20 heavy (non-hydrogen) atoms. The minimum atomic E-state index is -1.14. The van der Waals surface area contributed by atoms with E-state index in [0.29, 0.717) is 30.0 Å². The van der Waals surface area contributed by atoms with Crippen molar-refractivity contribution in [3.05, 3.63) is 47.0 Å². The van der Waals surface area contributed by atoms with E-state index in [-0.39, 0.29) is 5.69 Å². The van der Waals surface area contributed by atoms with Crippen LogP contribution in [0.4, 0.5) is 8.78 Å². The Bertz CT molecular complexity index is 712. The Kier molecular flexibility index (Phi) is 2.79. The van der Waals surface area contributed by atoms with Gasteiger partial charge in [-0.3, -0.25) is 4.90 Å². The van der Waals surface area contributed by atoms with Gasteiger partial charge in [0.1, 0.15) is 6.33 Å². The number of carboxylic acids is 1. The Morgan fingerprint density at radius 1 is 1.30 bits per heavy atom. The molecule has 0 atom stereocenters. The second-order valence-corrected chi connectivity index (χ2v) is 4.78. The second kappa shape index (κ2) is 4.38. The SMILES string of the molecule is CN1Cc2cc(F)c(F)cc2-n2cnc(C(=O)O)c2C1. The Morgan fingerprint density at radius 2 is 2.00 bits per heavy atom. The molecule has 1 aliphatic heterocycles. The Balaban J connectivity index is 2.28. The van der Waals surface area contributed by atoms with E-state index in [0.717, 1.165) is 12.1 Å². The van der Waals surface area contributed by atoms with Crippen LogP contribution in [0.25, 0.3) is 5.69 Å². The molecule has 1 aromatic carbocycles. The van der Waals surface area contributed by atoms with Crippen LogP contribution >= 0.6 is 0 Å². The summed E-state index contributed by atoms with van der Waals surface area (Å²) in [6.45, 7) is 0.729. The molecule has 5 nitrogen and oxygen atoms in total. The molecule has 0 aliphatic carbocycles. The van der Waals surface area contributed by atoms with E-state index in [4.69, 9.17) is 5.11 Å². The average Bonchev–Trinajstić information content (AvgIpc) is 2.71. The Hall–Kier alpha value is -2.28. The van der Waals surface area contributed by atoms with Crippen LogP contribution in [0.2, 0.25) is 0 Å². The number of carbonyl (C=O) groups is 1. The molecule has 0 saturated carbocycles. The summed E-state index contributed by atoms with van der Waals surface area (Å²) in [4.78, 5) is 16.8. The molecule has 0 bridgehead atoms. The van der Waals surface area contributed by atoms with Gasteiger partial charge in [0.2, 0.25) is 0 Å². The first kappa shape index (κ1) is 12.7. The largest absolute Gasteiger partial charge is 0.476 e. The fourth-order valence-electron chi connectivity index (χ4n) is 2.44. The summed E-state index contributed by atoms with van der Waals surface area (Å²) in [6, 6.07) is 2.21. The van der Waals surface area contributed by atoms with E-state index in [1.165, 1.54) is 10.9 Å². The van der Waals surface area contributed by atoms with Crippen LogP contribution in [0.1, 0.15) is 21.7 Å². The zero-order chi connectivity index (χ0) is 14.4. The maximum Gasteiger partial charge on any atom is 0.356 e. The molecule has 2 heterocycles. The first-order chi connectivity index (χ1) is 9.47. The highest BCUT2D eigenvalue weighted by atomic mass is 19.2. The van der Waals surface area contributed by atoms with Crippen LogP contribution in [0, 0.1) is 11.6 Å². The minimum absolute atomic E-state index is 0.0746. The van der Waals surface area contributed by atoms with E-state index in [1.54, 1.807) is 7.05 Å². The van der Waals surface area contributed by atoms with Crippen molar-refractivity contribution in [3.8, 4) is 5.69 Å². The molecule has 2 aromatic rings. The summed E-state index contributed by atoms with van der Waals surface area (Å²) in [7, 11) is 1.78. The number of fused-ring (bicyclic) bond motifs is 3. The molecule has 1 aromatic heterocycles. The van der Waals surface area contributed by atoms with Gasteiger partial charge in [-0.25, -0.2) is 18.6 Å². The number of halogens is 2. The molecule has 7 heteroatoms. The predicted octanol–water partition coefficient (Wildman–Crippen LogP) is 1.79. The van der Waals surface area contributed by atoms with Gasteiger partial charge in [-0.15, -0.1) is 0 Å². The number of rotatable bonds is 1. The zero-order valence-electron chi connectivity index (χ0n) is 10.6. The number of imidazole rings is 1.